The average molecular weight is 388 g/mol. The van der Waals surface area contributed by atoms with Crippen LogP contribution in [0.15, 0.2) is 0 Å². The molecule has 1 aliphatic rings. The lowest BCUT2D eigenvalue weighted by Crippen LogP contribution is -2.58. The van der Waals surface area contributed by atoms with Crippen molar-refractivity contribution in [3.05, 3.63) is 0 Å². The highest BCUT2D eigenvalue weighted by Gasteiger charge is 2.31. The molecule has 0 spiro atoms. The molecule has 148 valence electrons. The number of carbonyl (C=O) groups is 4. The molecule has 1 heterocycles. The van der Waals surface area contributed by atoms with Gasteiger partial charge in [0.2, 0.25) is 17.7 Å². The summed E-state index contributed by atoms with van der Waals surface area (Å²) < 4.78 is 0. The van der Waals surface area contributed by atoms with Gasteiger partial charge in [-0.3, -0.25) is 19.2 Å². The highest BCUT2D eigenvalue weighted by atomic mass is 32.1. The molecule has 1 rings (SSSR count). The minimum atomic E-state index is -1.17. The van der Waals surface area contributed by atoms with Crippen LogP contribution in [-0.4, -0.2) is 65.8 Å². The molecule has 0 aliphatic carbocycles. The molecule has 0 aromatic carbocycles. The Bertz CT molecular complexity index is 525. The summed E-state index contributed by atoms with van der Waals surface area (Å²) in [4.78, 5) is 47.5. The zero-order valence-electron chi connectivity index (χ0n) is 15.1. The van der Waals surface area contributed by atoms with Gasteiger partial charge in [-0.15, -0.1) is 0 Å². The van der Waals surface area contributed by atoms with Crippen molar-refractivity contribution in [1.82, 2.24) is 21.3 Å². The zero-order valence-corrected chi connectivity index (χ0v) is 16.0. The molecule has 1 fully saturated rings. The first kappa shape index (κ1) is 22.2. The van der Waals surface area contributed by atoms with Crippen molar-refractivity contribution in [2.24, 2.45) is 5.92 Å². The van der Waals surface area contributed by atoms with Gasteiger partial charge in [0, 0.05) is 5.75 Å². The van der Waals surface area contributed by atoms with E-state index in [1.165, 1.54) is 0 Å². The number of hydrogen-bond donors (Lipinski definition) is 6. The number of carboxylic acid groups (broad SMARTS) is 1. The standard InChI is InChI=1S/C16H28N4O5S/c1-3-9(2)13(16(25)18-7-12(21)22)20-15(24)11(8-26)19-14(23)10-5-4-6-17-10/h9-11,13,17,26H,3-8H2,1-2H3,(H,18,25)(H,19,23)(H,20,24)(H,21,22). The van der Waals surface area contributed by atoms with Crippen LogP contribution in [0.4, 0.5) is 0 Å². The maximum atomic E-state index is 12.5. The number of rotatable bonds is 10. The van der Waals surface area contributed by atoms with Crippen molar-refractivity contribution in [3.63, 3.8) is 0 Å². The van der Waals surface area contributed by atoms with Crippen LogP contribution in [0.25, 0.3) is 0 Å². The van der Waals surface area contributed by atoms with Gasteiger partial charge in [-0.1, -0.05) is 20.3 Å². The largest absolute Gasteiger partial charge is 0.480 e. The first-order chi connectivity index (χ1) is 12.3. The highest BCUT2D eigenvalue weighted by Crippen LogP contribution is 2.09. The third-order valence-electron chi connectivity index (χ3n) is 4.40. The van der Waals surface area contributed by atoms with Gasteiger partial charge >= 0.3 is 5.97 Å². The van der Waals surface area contributed by atoms with E-state index in [-0.39, 0.29) is 23.6 Å². The normalized spacial score (nSPS) is 19.9. The minimum absolute atomic E-state index is 0.0776. The molecular formula is C16H28N4O5S. The Morgan fingerprint density at radius 2 is 1.92 bits per heavy atom. The van der Waals surface area contributed by atoms with Crippen LogP contribution in [0.1, 0.15) is 33.1 Å². The zero-order chi connectivity index (χ0) is 19.7. The predicted octanol–water partition coefficient (Wildman–Crippen LogP) is -1.12. The van der Waals surface area contributed by atoms with Gasteiger partial charge < -0.3 is 26.4 Å². The van der Waals surface area contributed by atoms with E-state index in [4.69, 9.17) is 5.11 Å². The summed E-state index contributed by atoms with van der Waals surface area (Å²) >= 11 is 4.12. The predicted molar refractivity (Wildman–Crippen MR) is 98.8 cm³/mol. The monoisotopic (exact) mass is 388 g/mol. The van der Waals surface area contributed by atoms with E-state index in [9.17, 15) is 19.2 Å². The van der Waals surface area contributed by atoms with Gasteiger partial charge in [-0.2, -0.15) is 12.6 Å². The number of carbonyl (C=O) groups excluding carboxylic acids is 3. The Morgan fingerprint density at radius 3 is 2.42 bits per heavy atom. The van der Waals surface area contributed by atoms with Crippen LogP contribution in [0.3, 0.4) is 0 Å². The average Bonchev–Trinajstić information content (AvgIpc) is 3.15. The Kier molecular flexibility index (Phi) is 9.42. The molecule has 1 aliphatic heterocycles. The van der Waals surface area contributed by atoms with Crippen LogP contribution in [0, 0.1) is 5.92 Å². The van der Waals surface area contributed by atoms with Gasteiger partial charge in [-0.25, -0.2) is 0 Å². The van der Waals surface area contributed by atoms with Gasteiger partial charge in [-0.05, 0) is 25.3 Å². The first-order valence-corrected chi connectivity index (χ1v) is 9.37. The lowest BCUT2D eigenvalue weighted by atomic mass is 9.98. The number of amides is 3. The number of hydrogen-bond acceptors (Lipinski definition) is 6. The lowest BCUT2D eigenvalue weighted by molar-refractivity contribution is -0.139. The smallest absolute Gasteiger partial charge is 0.322 e. The molecule has 26 heavy (non-hydrogen) atoms. The molecular weight excluding hydrogens is 360 g/mol. The summed E-state index contributed by atoms with van der Waals surface area (Å²) in [6.07, 6.45) is 2.21. The van der Waals surface area contributed by atoms with Crippen molar-refractivity contribution in [1.29, 1.82) is 0 Å². The second kappa shape index (κ2) is 11.0. The first-order valence-electron chi connectivity index (χ1n) is 8.74. The molecule has 9 nitrogen and oxygen atoms in total. The molecule has 0 saturated carbocycles. The lowest BCUT2D eigenvalue weighted by Gasteiger charge is -2.26. The van der Waals surface area contributed by atoms with Crippen molar-refractivity contribution in [2.45, 2.75) is 51.2 Å². The van der Waals surface area contributed by atoms with E-state index in [0.717, 1.165) is 13.0 Å². The van der Waals surface area contributed by atoms with Gasteiger partial charge in [0.15, 0.2) is 0 Å². The second-order valence-corrected chi connectivity index (χ2v) is 6.74. The maximum Gasteiger partial charge on any atom is 0.322 e. The number of thiol groups is 1. The Balaban J connectivity index is 2.70. The molecule has 0 aromatic rings. The van der Waals surface area contributed by atoms with Crippen LogP contribution < -0.4 is 21.3 Å². The fourth-order valence-corrected chi connectivity index (χ4v) is 2.86. The number of nitrogens with one attached hydrogen (secondary N) is 4. The Labute approximate surface area is 158 Å². The molecule has 0 radical (unpaired) electrons. The summed E-state index contributed by atoms with van der Waals surface area (Å²) in [5, 5.41) is 19.3. The highest BCUT2D eigenvalue weighted by molar-refractivity contribution is 7.80. The van der Waals surface area contributed by atoms with Gasteiger partial charge in [0.1, 0.15) is 18.6 Å². The molecule has 0 aromatic heterocycles. The van der Waals surface area contributed by atoms with Crippen LogP contribution >= 0.6 is 12.6 Å². The summed E-state index contributed by atoms with van der Waals surface area (Å²) in [6, 6.07) is -2.10. The second-order valence-electron chi connectivity index (χ2n) is 6.38. The summed E-state index contributed by atoms with van der Waals surface area (Å²) in [5.41, 5.74) is 0. The number of aliphatic carboxylic acids is 1. The topological polar surface area (TPSA) is 137 Å². The molecule has 4 unspecified atom stereocenters. The van der Waals surface area contributed by atoms with Gasteiger partial charge in [0.05, 0.1) is 6.04 Å². The van der Waals surface area contributed by atoms with Crippen LogP contribution in [0.2, 0.25) is 0 Å². The van der Waals surface area contributed by atoms with Crippen LogP contribution in [0.5, 0.6) is 0 Å². The summed E-state index contributed by atoms with van der Waals surface area (Å²) in [7, 11) is 0. The van der Waals surface area contributed by atoms with E-state index >= 15 is 0 Å². The Morgan fingerprint density at radius 1 is 1.23 bits per heavy atom. The molecule has 4 atom stereocenters. The van der Waals surface area contributed by atoms with E-state index in [1.54, 1.807) is 6.92 Å². The third-order valence-corrected chi connectivity index (χ3v) is 4.76. The molecule has 0 bridgehead atoms. The minimum Gasteiger partial charge on any atom is -0.480 e. The maximum absolute atomic E-state index is 12.5. The fourth-order valence-electron chi connectivity index (χ4n) is 2.60. The van der Waals surface area contributed by atoms with E-state index in [1.807, 2.05) is 6.92 Å². The summed E-state index contributed by atoms with van der Waals surface area (Å²) in [5.74, 6) is -2.67. The quantitative estimate of drug-likeness (QED) is 0.263. The molecule has 10 heteroatoms. The Hall–Kier alpha value is -1.81. The fraction of sp³-hybridized carbons (Fsp3) is 0.750. The van der Waals surface area contributed by atoms with Crippen LogP contribution in [-0.2, 0) is 19.2 Å². The van der Waals surface area contributed by atoms with E-state index in [0.29, 0.717) is 12.8 Å². The SMILES string of the molecule is CCC(C)C(NC(=O)C(CS)NC(=O)C1CCCN1)C(=O)NCC(=O)O. The molecule has 5 N–H and O–H groups in total. The summed E-state index contributed by atoms with van der Waals surface area (Å²) in [6.45, 7) is 3.87. The van der Waals surface area contributed by atoms with E-state index in [2.05, 4.69) is 33.9 Å². The third kappa shape index (κ3) is 6.83. The van der Waals surface area contributed by atoms with E-state index < -0.39 is 36.4 Å². The van der Waals surface area contributed by atoms with Crippen molar-refractivity contribution in [2.75, 3.05) is 18.8 Å². The van der Waals surface area contributed by atoms with Crippen molar-refractivity contribution < 1.29 is 24.3 Å². The van der Waals surface area contributed by atoms with Crippen molar-refractivity contribution in [3.8, 4) is 0 Å². The number of carboxylic acids is 1. The molecule has 3 amide bonds. The van der Waals surface area contributed by atoms with Gasteiger partial charge in [0.25, 0.3) is 0 Å². The molecule has 1 saturated heterocycles. The van der Waals surface area contributed by atoms with Crippen molar-refractivity contribution >= 4 is 36.3 Å².